The van der Waals surface area contributed by atoms with Crippen molar-refractivity contribution < 1.29 is 4.79 Å². The van der Waals surface area contributed by atoms with E-state index in [0.29, 0.717) is 0 Å². The van der Waals surface area contributed by atoms with Crippen LogP contribution in [0.3, 0.4) is 0 Å². The summed E-state index contributed by atoms with van der Waals surface area (Å²) in [6, 6.07) is -0.833. The topological polar surface area (TPSA) is 69.1 Å². The van der Waals surface area contributed by atoms with Crippen molar-refractivity contribution in [1.29, 1.82) is 0 Å². The molecule has 0 aromatic rings. The molecule has 0 spiro atoms. The highest BCUT2D eigenvalue weighted by molar-refractivity contribution is 5.69. The van der Waals surface area contributed by atoms with Crippen LogP contribution in [0.1, 0.15) is 0 Å². The van der Waals surface area contributed by atoms with Gasteiger partial charge in [0.1, 0.15) is 0 Å². The lowest BCUT2D eigenvalue weighted by molar-refractivity contribution is 0.256. The van der Waals surface area contributed by atoms with E-state index in [1.807, 2.05) is 0 Å². The molecule has 0 saturated heterocycles. The average Bonchev–Trinajstić information content (AvgIpc) is 0.811. The van der Waals surface area contributed by atoms with Crippen LogP contribution in [0.2, 0.25) is 0 Å². The van der Waals surface area contributed by atoms with Gasteiger partial charge in [-0.05, 0) is 0 Å². The normalized spacial score (nSPS) is 6.00. The van der Waals surface area contributed by atoms with E-state index >= 15 is 0 Å². The first-order chi connectivity index (χ1) is 1.73. The number of rotatable bonds is 0. The van der Waals surface area contributed by atoms with Gasteiger partial charge in [-0.15, -0.1) is 0 Å². The minimum Gasteiger partial charge on any atom is -0.352 e. The molecule has 0 unspecified atom stereocenters. The van der Waals surface area contributed by atoms with Gasteiger partial charge < -0.3 is 11.5 Å². The number of hydrogen-bond donors (Lipinski definition) is 2. The van der Waals surface area contributed by atoms with Gasteiger partial charge in [0.15, 0.2) is 0 Å². The Balaban J connectivity index is 2.80. The van der Waals surface area contributed by atoms with Gasteiger partial charge in [0.05, 0.1) is 0 Å². The number of amides is 2. The molecule has 4 N–H and O–H groups in total. The summed E-state index contributed by atoms with van der Waals surface area (Å²) >= 11 is 0. The molecule has 0 aliphatic heterocycles. The molecule has 24 valence electrons. The molecule has 2 amide bonds. The molecule has 0 fully saturated rings. The Labute approximate surface area is 23.6 Å². The summed E-state index contributed by atoms with van der Waals surface area (Å²) in [6.45, 7) is 0. The van der Waals surface area contributed by atoms with Crippen LogP contribution in [0.15, 0.2) is 0 Å². The molecule has 0 aromatic heterocycles. The second-order valence-corrected chi connectivity index (χ2v) is 0.402. The predicted molar refractivity (Wildman–Crippen MR) is 13.8 cm³/mol. The predicted octanol–water partition coefficient (Wildman–Crippen LogP) is -0.976. The van der Waals surface area contributed by atoms with Crippen LogP contribution >= 0.6 is 0 Å². The number of carbonyl (C=O) groups is 1. The molecule has 3 nitrogen and oxygen atoms in total. The van der Waals surface area contributed by atoms with Crippen molar-refractivity contribution >= 4 is 6.03 Å². The van der Waals surface area contributed by atoms with Crippen molar-refractivity contribution in [3.8, 4) is 0 Å². The van der Waals surface area contributed by atoms with Crippen LogP contribution in [-0.4, -0.2) is 6.03 Å². The van der Waals surface area contributed by atoms with Crippen LogP contribution in [0.5, 0.6) is 0 Å². The SMILES string of the molecule is [15NH2][13C]([15NH2])=[17O]. The van der Waals surface area contributed by atoms with E-state index in [1.54, 1.807) is 0 Å². The highest BCUT2D eigenvalue weighted by Gasteiger charge is 1.60. The molecule has 0 saturated carbocycles. The van der Waals surface area contributed by atoms with Gasteiger partial charge in [0, 0.05) is 0 Å². The number of hydrogen-bond acceptors (Lipinski definition) is 1. The molecule has 0 aromatic carbocycles. The van der Waals surface area contributed by atoms with Gasteiger partial charge in [-0.2, -0.15) is 0 Å². The first-order valence-electron chi connectivity index (χ1n) is 0.781. The lowest BCUT2D eigenvalue weighted by Crippen LogP contribution is -2.18. The Kier molecular flexibility index (Phi) is 0.581. The van der Waals surface area contributed by atoms with E-state index in [9.17, 15) is 0 Å². The molecule has 4 heavy (non-hydrogen) atoms. The van der Waals surface area contributed by atoms with E-state index in [4.69, 9.17) is 4.79 Å². The zero-order valence-corrected chi connectivity index (χ0v) is 2.06. The quantitative estimate of drug-likeness (QED) is 0.276. The summed E-state index contributed by atoms with van der Waals surface area (Å²) in [7, 11) is 0. The molecule has 3 heteroatoms. The van der Waals surface area contributed by atoms with Crippen molar-refractivity contribution in [2.75, 3.05) is 0 Å². The smallest absolute Gasteiger partial charge is 0.309 e. The maximum atomic E-state index is 9.00. The fourth-order valence-corrected chi connectivity index (χ4v) is 0. The molecule has 0 atom stereocenters. The number of carbonyl (C=O) groups excluding carboxylic acids is 1. The van der Waals surface area contributed by atoms with Crippen molar-refractivity contribution in [2.24, 2.45) is 11.5 Å². The van der Waals surface area contributed by atoms with Crippen LogP contribution < -0.4 is 11.5 Å². The third-order valence-corrected chi connectivity index (χ3v) is 0. The van der Waals surface area contributed by atoms with Crippen LogP contribution in [0, 0.1) is 0 Å². The molecule has 0 aliphatic carbocycles. The second kappa shape index (κ2) is 0.711. The Hall–Kier alpha value is -0.730. The van der Waals surface area contributed by atoms with Crippen molar-refractivity contribution in [2.45, 2.75) is 0 Å². The van der Waals surface area contributed by atoms with Crippen LogP contribution in [0.25, 0.3) is 0 Å². The Morgan fingerprint density at radius 2 is 1.50 bits per heavy atom. The van der Waals surface area contributed by atoms with E-state index in [0.717, 1.165) is 0 Å². The minimum absolute atomic E-state index is 0.833. The maximum Gasteiger partial charge on any atom is 0.309 e. The summed E-state index contributed by atoms with van der Waals surface area (Å²) in [4.78, 5) is 9.00. The third kappa shape index (κ3) is 0.174. The molecule has 0 bridgehead atoms. The summed E-state index contributed by atoms with van der Waals surface area (Å²) in [5.74, 6) is 0. The highest BCUT2D eigenvalue weighted by atomic mass is 17.2. The van der Waals surface area contributed by atoms with Crippen molar-refractivity contribution in [3.05, 3.63) is 0 Å². The first-order valence-corrected chi connectivity index (χ1v) is 0.781. The van der Waals surface area contributed by atoms with E-state index in [-0.39, 0.29) is 0 Å². The Bertz CT molecular complexity index is 29.0. The highest BCUT2D eigenvalue weighted by Crippen LogP contribution is 1.25. The van der Waals surface area contributed by atoms with E-state index in [1.165, 1.54) is 0 Å². The van der Waals surface area contributed by atoms with Crippen LogP contribution in [0.4, 0.5) is 4.79 Å². The fraction of sp³-hybridized carbons (Fsp3) is 0. The Morgan fingerprint density at radius 1 is 1.50 bits per heavy atom. The lowest BCUT2D eigenvalue weighted by atomic mass is 12.2. The van der Waals surface area contributed by atoms with Crippen molar-refractivity contribution in [1.82, 2.24) is 0 Å². The second-order valence-electron chi connectivity index (χ2n) is 0.402. The lowest BCUT2D eigenvalue weighted by Gasteiger charge is -1.62. The van der Waals surface area contributed by atoms with E-state index in [2.05, 4.69) is 11.5 Å². The number of primary amides is 2. The summed E-state index contributed by atoms with van der Waals surface area (Å²) < 4.78 is 0. The van der Waals surface area contributed by atoms with Gasteiger partial charge in [-0.25, -0.2) is 4.79 Å². The molecular weight excluding hydrogens is 60.0 g/mol. The maximum absolute atomic E-state index is 9.00. The summed E-state index contributed by atoms with van der Waals surface area (Å²) in [5, 5.41) is 0. The van der Waals surface area contributed by atoms with Crippen molar-refractivity contribution in [3.63, 3.8) is 0 Å². The summed E-state index contributed by atoms with van der Waals surface area (Å²) in [5.41, 5.74) is 8.50. The number of nitrogens with two attached hydrogens (primary N) is 2. The monoisotopic (exact) mass is 64.0 g/mol. The fourth-order valence-electron chi connectivity index (χ4n) is 0. The van der Waals surface area contributed by atoms with Gasteiger partial charge in [0.25, 0.3) is 0 Å². The molecular formula is CH4N2O. The largest absolute Gasteiger partial charge is 0.352 e. The Morgan fingerprint density at radius 3 is 1.50 bits per heavy atom. The van der Waals surface area contributed by atoms with Gasteiger partial charge in [0.2, 0.25) is 0 Å². The average molecular weight is 64.0 g/mol. The zero-order valence-electron chi connectivity index (χ0n) is 2.06. The molecule has 0 rings (SSSR count). The number of urea groups is 1. The zero-order chi connectivity index (χ0) is 3.58. The van der Waals surface area contributed by atoms with E-state index < -0.39 is 6.03 Å². The van der Waals surface area contributed by atoms with Gasteiger partial charge >= 0.3 is 6.03 Å². The molecule has 0 radical (unpaired) electrons. The molecule has 0 heterocycles. The summed E-state index contributed by atoms with van der Waals surface area (Å²) in [6.07, 6.45) is 0. The van der Waals surface area contributed by atoms with Gasteiger partial charge in [-0.1, -0.05) is 0 Å². The third-order valence-electron chi connectivity index (χ3n) is 0. The minimum atomic E-state index is -0.833. The molecule has 0 aliphatic rings. The van der Waals surface area contributed by atoms with Gasteiger partial charge in [-0.3, -0.25) is 0 Å². The van der Waals surface area contributed by atoms with Crippen LogP contribution in [-0.2, 0) is 0 Å². The standard InChI is InChI=1S/CH4N2O/c2-1(3)4/h(H4,2,3,4)/i1+1,2+1,3+1,4+1. The first kappa shape index (κ1) is 3.27.